The first-order valence-corrected chi connectivity index (χ1v) is 9.38. The van der Waals surface area contributed by atoms with E-state index in [4.69, 9.17) is 4.74 Å². The summed E-state index contributed by atoms with van der Waals surface area (Å²) in [6, 6.07) is 9.22. The van der Waals surface area contributed by atoms with Gasteiger partial charge < -0.3 is 15.0 Å². The van der Waals surface area contributed by atoms with E-state index in [9.17, 15) is 9.59 Å². The molecule has 0 spiro atoms. The third kappa shape index (κ3) is 4.60. The molecule has 0 aliphatic carbocycles. The Hall–Kier alpha value is -1.88. The van der Waals surface area contributed by atoms with E-state index in [0.717, 1.165) is 26.1 Å². The number of carbonyl (C=O) groups is 2. The number of esters is 1. The second-order valence-corrected chi connectivity index (χ2v) is 6.50. The van der Waals surface area contributed by atoms with Gasteiger partial charge >= 0.3 is 5.97 Å². The summed E-state index contributed by atoms with van der Waals surface area (Å²) in [7, 11) is 0. The van der Waals surface area contributed by atoms with E-state index in [1.165, 1.54) is 12.8 Å². The quantitative estimate of drug-likeness (QED) is 0.424. The van der Waals surface area contributed by atoms with Crippen LogP contribution < -0.4 is 5.32 Å². The summed E-state index contributed by atoms with van der Waals surface area (Å²) in [6.07, 6.45) is 3.79. The van der Waals surface area contributed by atoms with Crippen molar-refractivity contribution in [3.63, 3.8) is 0 Å². The summed E-state index contributed by atoms with van der Waals surface area (Å²) in [5.74, 6) is -0.734. The number of nitrogens with one attached hydrogen (secondary N) is 1. The molecule has 5 heteroatoms. The summed E-state index contributed by atoms with van der Waals surface area (Å²) in [4.78, 5) is 28.1. The molecule has 1 atom stereocenters. The molecule has 1 unspecified atom stereocenters. The lowest BCUT2D eigenvalue weighted by atomic mass is 9.77. The first-order valence-electron chi connectivity index (χ1n) is 9.38. The first kappa shape index (κ1) is 19.4. The van der Waals surface area contributed by atoms with Gasteiger partial charge in [-0.05, 0) is 57.8 Å². The molecular formula is C20H30N2O3. The van der Waals surface area contributed by atoms with Crippen LogP contribution in [0.4, 0.5) is 0 Å². The van der Waals surface area contributed by atoms with Gasteiger partial charge in [0.15, 0.2) is 5.41 Å². The first-order chi connectivity index (χ1) is 12.1. The minimum absolute atomic E-state index is 0.260. The average molecular weight is 346 g/mol. The highest BCUT2D eigenvalue weighted by molar-refractivity contribution is 6.08. The number of amides is 1. The predicted octanol–water partition coefficient (Wildman–Crippen LogP) is 2.50. The largest absolute Gasteiger partial charge is 0.465 e. The number of ether oxygens (including phenoxy) is 1. The molecule has 1 amide bonds. The van der Waals surface area contributed by atoms with Crippen molar-refractivity contribution in [2.45, 2.75) is 44.9 Å². The van der Waals surface area contributed by atoms with Crippen LogP contribution in [-0.4, -0.2) is 49.6 Å². The van der Waals surface area contributed by atoms with E-state index in [-0.39, 0.29) is 12.5 Å². The van der Waals surface area contributed by atoms with Crippen molar-refractivity contribution >= 4 is 11.9 Å². The molecule has 0 saturated carbocycles. The Morgan fingerprint density at radius 2 is 1.84 bits per heavy atom. The van der Waals surface area contributed by atoms with E-state index >= 15 is 0 Å². The molecule has 1 aliphatic rings. The van der Waals surface area contributed by atoms with Crippen LogP contribution in [0.25, 0.3) is 0 Å². The van der Waals surface area contributed by atoms with Crippen molar-refractivity contribution in [3.8, 4) is 0 Å². The zero-order valence-electron chi connectivity index (χ0n) is 15.4. The number of hydrogen-bond acceptors (Lipinski definition) is 4. The standard InChI is InChI=1S/C20H30N2O3/c1-3-20(19(24)25-4-2,17-11-6-5-7-12-17)18(23)21-13-10-16-22-14-8-9-15-22/h5-7,11-12H,3-4,8-10,13-16H2,1-2H3,(H,21,23). The SMILES string of the molecule is CCOC(=O)C(CC)(C(=O)NCCCN1CCCC1)c1ccccc1. The fourth-order valence-corrected chi connectivity index (χ4v) is 3.49. The number of likely N-dealkylation sites (tertiary alicyclic amines) is 1. The Bertz CT molecular complexity index is 555. The van der Waals surface area contributed by atoms with Crippen LogP contribution in [0.1, 0.15) is 45.1 Å². The van der Waals surface area contributed by atoms with Crippen LogP contribution in [0.5, 0.6) is 0 Å². The van der Waals surface area contributed by atoms with Crippen molar-refractivity contribution < 1.29 is 14.3 Å². The maximum atomic E-state index is 13.0. The molecule has 1 fully saturated rings. The van der Waals surface area contributed by atoms with Crippen LogP contribution in [0.15, 0.2) is 30.3 Å². The van der Waals surface area contributed by atoms with Gasteiger partial charge in [-0.3, -0.25) is 9.59 Å². The van der Waals surface area contributed by atoms with E-state index in [1.807, 2.05) is 37.3 Å². The van der Waals surface area contributed by atoms with Gasteiger partial charge in [0, 0.05) is 6.54 Å². The van der Waals surface area contributed by atoms with Crippen LogP contribution in [0.3, 0.4) is 0 Å². The van der Waals surface area contributed by atoms with Gasteiger partial charge in [0.05, 0.1) is 6.61 Å². The lowest BCUT2D eigenvalue weighted by Gasteiger charge is -2.29. The highest BCUT2D eigenvalue weighted by Crippen LogP contribution is 2.30. The molecular weight excluding hydrogens is 316 g/mol. The summed E-state index contributed by atoms with van der Waals surface area (Å²) < 4.78 is 5.25. The summed E-state index contributed by atoms with van der Waals surface area (Å²) in [5, 5.41) is 2.97. The number of rotatable bonds is 9. The molecule has 0 bridgehead atoms. The van der Waals surface area contributed by atoms with Gasteiger partial charge in [-0.1, -0.05) is 37.3 Å². The molecule has 1 aromatic rings. The Morgan fingerprint density at radius 1 is 1.16 bits per heavy atom. The number of hydrogen-bond donors (Lipinski definition) is 1. The molecule has 25 heavy (non-hydrogen) atoms. The van der Waals surface area contributed by atoms with Gasteiger partial charge in [-0.2, -0.15) is 0 Å². The smallest absolute Gasteiger partial charge is 0.326 e. The zero-order chi connectivity index (χ0) is 18.1. The third-order valence-electron chi connectivity index (χ3n) is 4.94. The second kappa shape index (κ2) is 9.56. The summed E-state index contributed by atoms with van der Waals surface area (Å²) in [6.45, 7) is 7.74. The summed E-state index contributed by atoms with van der Waals surface area (Å²) in [5.41, 5.74) is -0.585. The average Bonchev–Trinajstić information content (AvgIpc) is 3.14. The number of benzene rings is 1. The predicted molar refractivity (Wildman–Crippen MR) is 98.3 cm³/mol. The highest BCUT2D eigenvalue weighted by atomic mass is 16.5. The topological polar surface area (TPSA) is 58.6 Å². The molecule has 1 aliphatic heterocycles. The van der Waals surface area contributed by atoms with Crippen molar-refractivity contribution in [2.75, 3.05) is 32.8 Å². The maximum Gasteiger partial charge on any atom is 0.326 e. The minimum atomic E-state index is -1.27. The minimum Gasteiger partial charge on any atom is -0.465 e. The molecule has 5 nitrogen and oxygen atoms in total. The van der Waals surface area contributed by atoms with Gasteiger partial charge in [-0.15, -0.1) is 0 Å². The van der Waals surface area contributed by atoms with Gasteiger partial charge in [-0.25, -0.2) is 0 Å². The maximum absolute atomic E-state index is 13.0. The zero-order valence-corrected chi connectivity index (χ0v) is 15.4. The Kier molecular flexibility index (Phi) is 7.44. The normalized spacial score (nSPS) is 17.0. The van der Waals surface area contributed by atoms with E-state index in [0.29, 0.717) is 18.5 Å². The molecule has 0 radical (unpaired) electrons. The van der Waals surface area contributed by atoms with E-state index in [1.54, 1.807) is 6.92 Å². The van der Waals surface area contributed by atoms with E-state index < -0.39 is 11.4 Å². The molecule has 2 rings (SSSR count). The lowest BCUT2D eigenvalue weighted by molar-refractivity contribution is -0.155. The molecule has 1 saturated heterocycles. The number of nitrogens with zero attached hydrogens (tertiary/aromatic N) is 1. The van der Waals surface area contributed by atoms with Gasteiger partial charge in [0.1, 0.15) is 0 Å². The van der Waals surface area contributed by atoms with Crippen LogP contribution in [0.2, 0.25) is 0 Å². The summed E-state index contributed by atoms with van der Waals surface area (Å²) >= 11 is 0. The highest BCUT2D eigenvalue weighted by Gasteiger charge is 2.47. The fraction of sp³-hybridized carbons (Fsp3) is 0.600. The van der Waals surface area contributed by atoms with Crippen LogP contribution in [0, 0.1) is 0 Å². The monoisotopic (exact) mass is 346 g/mol. The van der Waals surface area contributed by atoms with Crippen molar-refractivity contribution in [3.05, 3.63) is 35.9 Å². The van der Waals surface area contributed by atoms with Crippen LogP contribution in [-0.2, 0) is 19.7 Å². The lowest BCUT2D eigenvalue weighted by Crippen LogP contribution is -2.51. The number of carbonyl (C=O) groups excluding carboxylic acids is 2. The molecule has 138 valence electrons. The Balaban J connectivity index is 2.05. The molecule has 1 N–H and O–H groups in total. The van der Waals surface area contributed by atoms with Crippen molar-refractivity contribution in [1.29, 1.82) is 0 Å². The third-order valence-corrected chi connectivity index (χ3v) is 4.94. The Morgan fingerprint density at radius 3 is 2.44 bits per heavy atom. The fourth-order valence-electron chi connectivity index (χ4n) is 3.49. The van der Waals surface area contributed by atoms with E-state index in [2.05, 4.69) is 10.2 Å². The molecule has 0 aromatic heterocycles. The van der Waals surface area contributed by atoms with Crippen LogP contribution >= 0.6 is 0 Å². The van der Waals surface area contributed by atoms with Gasteiger partial charge in [0.2, 0.25) is 5.91 Å². The van der Waals surface area contributed by atoms with Gasteiger partial charge in [0.25, 0.3) is 0 Å². The molecule has 1 aromatic carbocycles. The van der Waals surface area contributed by atoms with Crippen molar-refractivity contribution in [2.24, 2.45) is 0 Å². The Labute approximate surface area is 150 Å². The second-order valence-electron chi connectivity index (χ2n) is 6.50. The van der Waals surface area contributed by atoms with Crippen molar-refractivity contribution in [1.82, 2.24) is 10.2 Å². The molecule has 1 heterocycles.